The lowest BCUT2D eigenvalue weighted by atomic mass is 9.97. The molecule has 3 N–H and O–H groups in total. The summed E-state index contributed by atoms with van der Waals surface area (Å²) in [7, 11) is 1.48. The van der Waals surface area contributed by atoms with Gasteiger partial charge in [0.15, 0.2) is 5.96 Å². The smallest absolute Gasteiger partial charge is 0.326 e. The van der Waals surface area contributed by atoms with Gasteiger partial charge < -0.3 is 20.5 Å². The van der Waals surface area contributed by atoms with E-state index in [1.54, 1.807) is 47.4 Å². The number of halogens is 2. The fraction of sp³-hybridized carbons (Fsp3) is 0.250. The third-order valence-corrected chi connectivity index (χ3v) is 5.60. The molecule has 1 aliphatic rings. The molecule has 2 aromatic rings. The van der Waals surface area contributed by atoms with E-state index in [0.29, 0.717) is 46.0 Å². The van der Waals surface area contributed by atoms with E-state index >= 15 is 4.39 Å². The number of nitrogens with zero attached hydrogens (tertiary/aromatic N) is 2. The van der Waals surface area contributed by atoms with E-state index in [1.807, 2.05) is 0 Å². The number of aliphatic imine (C=N–C) groups is 1. The highest BCUT2D eigenvalue weighted by molar-refractivity contribution is 6.30. The Bertz CT molecular complexity index is 1080. The third-order valence-electron chi connectivity index (χ3n) is 5.37. The van der Waals surface area contributed by atoms with E-state index in [1.165, 1.54) is 13.3 Å². The molecule has 1 fully saturated rings. The molecule has 2 aromatic carbocycles. The fourth-order valence-electron chi connectivity index (χ4n) is 3.73. The Kier molecular flexibility index (Phi) is 7.53. The zero-order chi connectivity index (χ0) is 23.3. The molecule has 0 amide bonds. The minimum absolute atomic E-state index is 0.115. The van der Waals surface area contributed by atoms with Gasteiger partial charge in [-0.25, -0.2) is 14.2 Å². The second-order valence-corrected chi connectivity index (χ2v) is 7.82. The molecule has 8 heteroatoms. The monoisotopic (exact) mass is 457 g/mol. The summed E-state index contributed by atoms with van der Waals surface area (Å²) in [4.78, 5) is 17.1. The summed E-state index contributed by atoms with van der Waals surface area (Å²) in [6.07, 6.45) is 4.52. The molecule has 1 heterocycles. The maximum Gasteiger partial charge on any atom is 0.326 e. The van der Waals surface area contributed by atoms with Crippen molar-refractivity contribution in [2.45, 2.75) is 25.3 Å². The van der Waals surface area contributed by atoms with Crippen molar-refractivity contribution in [3.8, 4) is 16.9 Å². The Hall–Kier alpha value is -3.32. The van der Waals surface area contributed by atoms with Crippen molar-refractivity contribution < 1.29 is 19.0 Å². The van der Waals surface area contributed by atoms with Gasteiger partial charge in [0.25, 0.3) is 0 Å². The van der Waals surface area contributed by atoms with E-state index < -0.39 is 17.8 Å². The lowest BCUT2D eigenvalue weighted by molar-refractivity contribution is -0.140. The number of carboxylic acids is 1. The molecule has 1 unspecified atom stereocenters. The number of hydrogen-bond donors (Lipinski definition) is 2. The highest BCUT2D eigenvalue weighted by Gasteiger charge is 2.31. The lowest BCUT2D eigenvalue weighted by Gasteiger charge is -2.21. The standard InChI is InChI=1S/C24H25ClFN3O3/c1-3-15(14-28-24(27)29-11-5-8-19(29)23(30)31)12-17-9-10-20(32-2)21(22(17)26)16-6-4-7-18(25)13-16/h3-4,6-7,9-10,13-14,19H,1,5,8,11-12H2,2H3,(H2,27,28)(H,30,31)/b15-14+. The van der Waals surface area contributed by atoms with Crippen LogP contribution in [0, 0.1) is 5.82 Å². The number of aliphatic carboxylic acids is 1. The predicted molar refractivity (Wildman–Crippen MR) is 124 cm³/mol. The second kappa shape index (κ2) is 10.3. The minimum atomic E-state index is -0.928. The topological polar surface area (TPSA) is 88.2 Å². The number of nitrogens with two attached hydrogens (primary N) is 1. The molecule has 0 aromatic heterocycles. The minimum Gasteiger partial charge on any atom is -0.496 e. The Morgan fingerprint density at radius 2 is 2.22 bits per heavy atom. The summed E-state index contributed by atoms with van der Waals surface area (Å²) in [5, 5.41) is 9.81. The summed E-state index contributed by atoms with van der Waals surface area (Å²) in [6.45, 7) is 4.31. The van der Waals surface area contributed by atoms with Crippen LogP contribution < -0.4 is 10.5 Å². The number of rotatable bonds is 7. The molecular formula is C24H25ClFN3O3. The lowest BCUT2D eigenvalue weighted by Crippen LogP contribution is -2.44. The van der Waals surface area contributed by atoms with Crippen LogP contribution in [0.4, 0.5) is 4.39 Å². The summed E-state index contributed by atoms with van der Waals surface area (Å²) in [6, 6.07) is 9.58. The molecule has 168 valence electrons. The van der Waals surface area contributed by atoms with Gasteiger partial charge in [-0.2, -0.15) is 0 Å². The number of hydrogen-bond acceptors (Lipinski definition) is 3. The Balaban J connectivity index is 1.90. The Morgan fingerprint density at radius 1 is 1.44 bits per heavy atom. The average molecular weight is 458 g/mol. The highest BCUT2D eigenvalue weighted by atomic mass is 35.5. The molecule has 1 aliphatic heterocycles. The molecule has 1 atom stereocenters. The first-order chi connectivity index (χ1) is 15.3. The number of benzene rings is 2. The molecule has 3 rings (SSSR count). The molecule has 0 aliphatic carbocycles. The van der Waals surface area contributed by atoms with Gasteiger partial charge in [-0.3, -0.25) is 0 Å². The summed E-state index contributed by atoms with van der Waals surface area (Å²) < 4.78 is 20.9. The van der Waals surface area contributed by atoms with Crippen LogP contribution in [-0.2, 0) is 11.2 Å². The average Bonchev–Trinajstić information content (AvgIpc) is 3.27. The van der Waals surface area contributed by atoms with Crippen LogP contribution in [0.1, 0.15) is 18.4 Å². The van der Waals surface area contributed by atoms with Gasteiger partial charge in [0.05, 0.1) is 12.7 Å². The second-order valence-electron chi connectivity index (χ2n) is 7.39. The summed E-state index contributed by atoms with van der Waals surface area (Å²) >= 11 is 6.09. The van der Waals surface area contributed by atoms with Crippen LogP contribution >= 0.6 is 11.6 Å². The first-order valence-corrected chi connectivity index (χ1v) is 10.5. The van der Waals surface area contributed by atoms with Gasteiger partial charge in [-0.05, 0) is 47.7 Å². The van der Waals surface area contributed by atoms with Crippen LogP contribution in [0.5, 0.6) is 5.75 Å². The van der Waals surface area contributed by atoms with Crippen molar-refractivity contribution >= 4 is 23.5 Å². The van der Waals surface area contributed by atoms with Crippen LogP contribution in [0.3, 0.4) is 0 Å². The number of allylic oxidation sites excluding steroid dienone is 2. The van der Waals surface area contributed by atoms with Crippen molar-refractivity contribution in [2.75, 3.05) is 13.7 Å². The molecule has 32 heavy (non-hydrogen) atoms. The molecular weight excluding hydrogens is 433 g/mol. The SMILES string of the molecule is C=C/C(=C\N=C(N)N1CCCC1C(=O)O)Cc1ccc(OC)c(-c2cccc(Cl)c2)c1F. The maximum absolute atomic E-state index is 15.5. The Morgan fingerprint density at radius 3 is 2.88 bits per heavy atom. The molecule has 0 saturated carbocycles. The van der Waals surface area contributed by atoms with E-state index in [4.69, 9.17) is 22.1 Å². The first kappa shape index (κ1) is 23.3. The molecule has 6 nitrogen and oxygen atoms in total. The van der Waals surface area contributed by atoms with Crippen LogP contribution in [-0.4, -0.2) is 41.6 Å². The quantitative estimate of drug-likeness (QED) is 0.359. The summed E-state index contributed by atoms with van der Waals surface area (Å²) in [5.74, 6) is -0.845. The molecule has 0 radical (unpaired) electrons. The van der Waals surface area contributed by atoms with Crippen molar-refractivity contribution in [3.05, 3.63) is 77.2 Å². The normalized spacial score (nSPS) is 16.8. The maximum atomic E-state index is 15.5. The van der Waals surface area contributed by atoms with Crippen LogP contribution in [0.25, 0.3) is 11.1 Å². The number of ether oxygens (including phenoxy) is 1. The number of carbonyl (C=O) groups is 1. The van der Waals surface area contributed by atoms with Gasteiger partial charge in [0, 0.05) is 24.2 Å². The molecule has 0 bridgehead atoms. The zero-order valence-corrected chi connectivity index (χ0v) is 18.5. The number of guanidine groups is 1. The van der Waals surface area contributed by atoms with E-state index in [-0.39, 0.29) is 12.4 Å². The van der Waals surface area contributed by atoms with Gasteiger partial charge in [0.1, 0.15) is 17.6 Å². The first-order valence-electron chi connectivity index (χ1n) is 10.1. The van der Waals surface area contributed by atoms with E-state index in [0.717, 1.165) is 6.42 Å². The van der Waals surface area contributed by atoms with Crippen LogP contribution in [0.2, 0.25) is 5.02 Å². The largest absolute Gasteiger partial charge is 0.496 e. The van der Waals surface area contributed by atoms with E-state index in [9.17, 15) is 9.90 Å². The number of carboxylic acid groups (broad SMARTS) is 1. The van der Waals surface area contributed by atoms with Gasteiger partial charge in [0.2, 0.25) is 0 Å². The van der Waals surface area contributed by atoms with Gasteiger partial charge >= 0.3 is 5.97 Å². The fourth-order valence-corrected chi connectivity index (χ4v) is 3.92. The highest BCUT2D eigenvalue weighted by Crippen LogP contribution is 2.36. The zero-order valence-electron chi connectivity index (χ0n) is 17.7. The van der Waals surface area contributed by atoms with Crippen LogP contribution in [0.15, 0.2) is 65.8 Å². The predicted octanol–water partition coefficient (Wildman–Crippen LogP) is 4.63. The molecule has 1 saturated heterocycles. The van der Waals surface area contributed by atoms with Gasteiger partial charge in [-0.15, -0.1) is 0 Å². The van der Waals surface area contributed by atoms with Crippen molar-refractivity contribution in [3.63, 3.8) is 0 Å². The van der Waals surface area contributed by atoms with Gasteiger partial charge in [-0.1, -0.05) is 42.5 Å². The third kappa shape index (κ3) is 5.11. The Labute approximate surface area is 191 Å². The van der Waals surface area contributed by atoms with Crippen molar-refractivity contribution in [2.24, 2.45) is 10.7 Å². The van der Waals surface area contributed by atoms with Crippen molar-refractivity contribution in [1.82, 2.24) is 4.90 Å². The number of likely N-dealkylation sites (tertiary alicyclic amines) is 1. The molecule has 0 spiro atoms. The van der Waals surface area contributed by atoms with E-state index in [2.05, 4.69) is 11.6 Å². The van der Waals surface area contributed by atoms with Crippen molar-refractivity contribution in [1.29, 1.82) is 0 Å². The number of methoxy groups -OCH3 is 1. The summed E-state index contributed by atoms with van der Waals surface area (Å²) in [5.41, 5.74) is 7.99.